The molecule has 0 spiro atoms. The molecule has 4 heterocycles. The van der Waals surface area contributed by atoms with Crippen LogP contribution in [0.25, 0.3) is 0 Å². The second-order valence-electron chi connectivity index (χ2n) is 5.44. The number of nitrogens with one attached hydrogen (secondary N) is 1. The zero-order valence-electron chi connectivity index (χ0n) is 10.7. The Hall–Kier alpha value is -1.10. The number of piperidine rings is 3. The second kappa shape index (κ2) is 5.26. The van der Waals surface area contributed by atoms with E-state index in [1.807, 2.05) is 0 Å². The van der Waals surface area contributed by atoms with Gasteiger partial charge in [0, 0.05) is 25.4 Å². The summed E-state index contributed by atoms with van der Waals surface area (Å²) in [5.41, 5.74) is 0. The minimum atomic E-state index is 0.145. The van der Waals surface area contributed by atoms with Crippen molar-refractivity contribution in [3.05, 3.63) is 0 Å². The summed E-state index contributed by atoms with van der Waals surface area (Å²) < 4.78 is 5.30. The number of carbonyl (C=O) groups excluding carboxylic acids is 1. The highest BCUT2D eigenvalue weighted by Gasteiger charge is 2.34. The van der Waals surface area contributed by atoms with Crippen LogP contribution in [0.1, 0.15) is 25.7 Å². The van der Waals surface area contributed by atoms with Gasteiger partial charge in [-0.3, -0.25) is 9.79 Å². The van der Waals surface area contributed by atoms with Crippen molar-refractivity contribution in [2.45, 2.75) is 31.7 Å². The third-order valence-electron chi connectivity index (χ3n) is 4.22. The van der Waals surface area contributed by atoms with E-state index >= 15 is 0 Å². The van der Waals surface area contributed by atoms with Crippen LogP contribution in [-0.4, -0.2) is 55.5 Å². The van der Waals surface area contributed by atoms with Crippen molar-refractivity contribution in [3.63, 3.8) is 0 Å². The van der Waals surface area contributed by atoms with E-state index in [1.165, 1.54) is 25.9 Å². The van der Waals surface area contributed by atoms with Crippen molar-refractivity contribution in [2.24, 2.45) is 10.9 Å². The zero-order valence-corrected chi connectivity index (χ0v) is 10.7. The van der Waals surface area contributed by atoms with Gasteiger partial charge in [0.2, 0.25) is 5.91 Å². The van der Waals surface area contributed by atoms with Crippen LogP contribution in [0.15, 0.2) is 4.99 Å². The van der Waals surface area contributed by atoms with Crippen molar-refractivity contribution in [2.75, 3.05) is 32.8 Å². The molecule has 3 saturated heterocycles. The van der Waals surface area contributed by atoms with Crippen LogP contribution >= 0.6 is 0 Å². The molecule has 0 radical (unpaired) electrons. The third-order valence-corrected chi connectivity index (χ3v) is 4.22. The Morgan fingerprint density at radius 2 is 2.28 bits per heavy atom. The minimum absolute atomic E-state index is 0.145. The first-order valence-corrected chi connectivity index (χ1v) is 6.99. The van der Waals surface area contributed by atoms with Crippen molar-refractivity contribution in [1.29, 1.82) is 0 Å². The Morgan fingerprint density at radius 3 is 2.89 bits per heavy atom. The number of hydrogen-bond donors (Lipinski definition) is 1. The largest absolute Gasteiger partial charge is 0.479 e. The molecule has 0 aliphatic carbocycles. The topological polar surface area (TPSA) is 53.9 Å². The lowest BCUT2D eigenvalue weighted by Crippen LogP contribution is -2.57. The van der Waals surface area contributed by atoms with Crippen LogP contribution < -0.4 is 5.32 Å². The van der Waals surface area contributed by atoms with Crippen molar-refractivity contribution in [1.82, 2.24) is 10.2 Å². The maximum absolute atomic E-state index is 11.9. The smallest absolute Gasteiger partial charge is 0.220 e. The monoisotopic (exact) mass is 251 g/mol. The molecular formula is C13H21N3O2. The van der Waals surface area contributed by atoms with Crippen LogP contribution in [0, 0.1) is 5.92 Å². The summed E-state index contributed by atoms with van der Waals surface area (Å²) in [5, 5.41) is 3.18. The standard InChI is InChI=1S/C13H21N3O2/c17-12(1-2-13-14-5-8-18-13)15-11-9-16-6-3-10(11)4-7-16/h10-11H,1-9H2,(H,15,17). The van der Waals surface area contributed by atoms with Crippen molar-refractivity contribution >= 4 is 11.8 Å². The van der Waals surface area contributed by atoms with Gasteiger partial charge in [0.05, 0.1) is 6.54 Å². The highest BCUT2D eigenvalue weighted by Crippen LogP contribution is 2.27. The number of carbonyl (C=O) groups is 1. The molecule has 4 rings (SSSR count). The number of amides is 1. The average Bonchev–Trinajstić information content (AvgIpc) is 2.91. The molecule has 5 nitrogen and oxygen atoms in total. The Bertz CT molecular complexity index is 348. The number of aliphatic imine (C=N–C) groups is 1. The first-order valence-electron chi connectivity index (χ1n) is 6.99. The van der Waals surface area contributed by atoms with Gasteiger partial charge in [-0.05, 0) is 31.8 Å². The first kappa shape index (κ1) is 12.0. The lowest BCUT2D eigenvalue weighted by molar-refractivity contribution is -0.123. The summed E-state index contributed by atoms with van der Waals surface area (Å²) in [6.45, 7) is 4.88. The number of hydrogen-bond acceptors (Lipinski definition) is 4. The number of ether oxygens (including phenoxy) is 1. The molecule has 1 N–H and O–H groups in total. The number of rotatable bonds is 4. The maximum Gasteiger partial charge on any atom is 0.220 e. The summed E-state index contributed by atoms with van der Waals surface area (Å²) in [4.78, 5) is 18.6. The van der Waals surface area contributed by atoms with Gasteiger partial charge in [-0.1, -0.05) is 0 Å². The molecule has 3 fully saturated rings. The van der Waals surface area contributed by atoms with Gasteiger partial charge in [-0.25, -0.2) is 0 Å². The van der Waals surface area contributed by atoms with Gasteiger partial charge in [0.1, 0.15) is 6.61 Å². The molecule has 0 saturated carbocycles. The molecule has 4 aliphatic heterocycles. The summed E-state index contributed by atoms with van der Waals surface area (Å²) in [6, 6.07) is 0.367. The molecule has 0 aromatic heterocycles. The van der Waals surface area contributed by atoms with Crippen LogP contribution in [0.3, 0.4) is 0 Å². The van der Waals surface area contributed by atoms with E-state index < -0.39 is 0 Å². The van der Waals surface area contributed by atoms with E-state index in [-0.39, 0.29) is 5.91 Å². The summed E-state index contributed by atoms with van der Waals surface area (Å²) in [6.07, 6.45) is 3.62. The van der Waals surface area contributed by atoms with E-state index in [2.05, 4.69) is 15.2 Å². The van der Waals surface area contributed by atoms with E-state index in [0.717, 1.165) is 19.0 Å². The van der Waals surface area contributed by atoms with Crippen LogP contribution in [-0.2, 0) is 9.53 Å². The van der Waals surface area contributed by atoms with Crippen LogP contribution in [0.4, 0.5) is 0 Å². The van der Waals surface area contributed by atoms with Gasteiger partial charge in [-0.15, -0.1) is 0 Å². The fourth-order valence-corrected chi connectivity index (χ4v) is 3.16. The molecule has 4 aliphatic rings. The van der Waals surface area contributed by atoms with Crippen LogP contribution in [0.2, 0.25) is 0 Å². The predicted molar refractivity (Wildman–Crippen MR) is 68.6 cm³/mol. The lowest BCUT2D eigenvalue weighted by atomic mass is 9.84. The van der Waals surface area contributed by atoms with E-state index in [0.29, 0.717) is 31.4 Å². The van der Waals surface area contributed by atoms with Gasteiger partial charge >= 0.3 is 0 Å². The lowest BCUT2D eigenvalue weighted by Gasteiger charge is -2.44. The molecule has 1 atom stereocenters. The fourth-order valence-electron chi connectivity index (χ4n) is 3.16. The highest BCUT2D eigenvalue weighted by atomic mass is 16.5. The van der Waals surface area contributed by atoms with E-state index in [9.17, 15) is 4.79 Å². The Labute approximate surface area is 108 Å². The zero-order chi connectivity index (χ0) is 12.4. The Morgan fingerprint density at radius 1 is 1.44 bits per heavy atom. The van der Waals surface area contributed by atoms with Gasteiger partial charge in [0.25, 0.3) is 0 Å². The number of nitrogens with zero attached hydrogens (tertiary/aromatic N) is 2. The molecule has 0 aromatic carbocycles. The van der Waals surface area contributed by atoms with Crippen molar-refractivity contribution < 1.29 is 9.53 Å². The first-order chi connectivity index (χ1) is 8.81. The average molecular weight is 251 g/mol. The summed E-state index contributed by atoms with van der Waals surface area (Å²) in [5.74, 6) is 1.59. The quantitative estimate of drug-likeness (QED) is 0.787. The van der Waals surface area contributed by atoms with Crippen LogP contribution in [0.5, 0.6) is 0 Å². The predicted octanol–water partition coefficient (Wildman–Crippen LogP) is 0.406. The molecule has 5 heteroatoms. The minimum Gasteiger partial charge on any atom is -0.479 e. The van der Waals surface area contributed by atoms with Gasteiger partial charge in [0.15, 0.2) is 5.90 Å². The van der Waals surface area contributed by atoms with Gasteiger partial charge in [-0.2, -0.15) is 0 Å². The molecule has 0 aromatic rings. The molecule has 1 unspecified atom stereocenters. The molecule has 1 amide bonds. The van der Waals surface area contributed by atoms with Gasteiger partial charge < -0.3 is 15.0 Å². The SMILES string of the molecule is O=C(CCC1=NCCO1)NC1CN2CCC1CC2. The highest BCUT2D eigenvalue weighted by molar-refractivity contribution is 5.84. The second-order valence-corrected chi connectivity index (χ2v) is 5.44. The van der Waals surface area contributed by atoms with E-state index in [4.69, 9.17) is 4.74 Å². The maximum atomic E-state index is 11.9. The molecule has 100 valence electrons. The molecular weight excluding hydrogens is 230 g/mol. The Balaban J connectivity index is 1.43. The third kappa shape index (κ3) is 2.66. The normalized spacial score (nSPS) is 34.0. The summed E-state index contributed by atoms with van der Waals surface area (Å²) >= 11 is 0. The molecule has 2 bridgehead atoms. The Kier molecular flexibility index (Phi) is 3.50. The van der Waals surface area contributed by atoms with Crippen molar-refractivity contribution in [3.8, 4) is 0 Å². The van der Waals surface area contributed by atoms with E-state index in [1.54, 1.807) is 0 Å². The number of fused-ring (bicyclic) bond motifs is 3. The fraction of sp³-hybridized carbons (Fsp3) is 0.846. The molecule has 18 heavy (non-hydrogen) atoms. The summed E-state index contributed by atoms with van der Waals surface area (Å²) in [7, 11) is 0.